The van der Waals surface area contributed by atoms with Crippen molar-refractivity contribution in [2.75, 3.05) is 6.61 Å². The molecule has 0 saturated carbocycles. The molecule has 2 heteroatoms. The highest BCUT2D eigenvalue weighted by Gasteiger charge is 1.92. The zero-order valence-electron chi connectivity index (χ0n) is 7.78. The van der Waals surface area contributed by atoms with Crippen molar-refractivity contribution in [3.8, 4) is 0 Å². The normalized spacial score (nSPS) is 10.2. The van der Waals surface area contributed by atoms with Gasteiger partial charge in [0.05, 0.1) is 6.61 Å². The summed E-state index contributed by atoms with van der Waals surface area (Å²) in [6.45, 7) is 0.453. The van der Waals surface area contributed by atoms with Crippen molar-refractivity contribution >= 4 is 0 Å². The van der Waals surface area contributed by atoms with Crippen LogP contribution in [-0.2, 0) is 11.3 Å². The Morgan fingerprint density at radius 2 is 1.77 bits per heavy atom. The Balaban J connectivity index is 2.07. The molecule has 0 spiro atoms. The Labute approximate surface area is 79.1 Å². The van der Waals surface area contributed by atoms with Gasteiger partial charge in [-0.25, -0.2) is 4.89 Å². The van der Waals surface area contributed by atoms with E-state index in [0.29, 0.717) is 6.61 Å². The van der Waals surface area contributed by atoms with Crippen molar-refractivity contribution in [3.63, 3.8) is 0 Å². The highest BCUT2D eigenvalue weighted by Crippen LogP contribution is 2.05. The quantitative estimate of drug-likeness (QED) is 0.414. The zero-order chi connectivity index (χ0) is 9.36. The van der Waals surface area contributed by atoms with Crippen LogP contribution < -0.4 is 0 Å². The molecule has 2 nitrogen and oxygen atoms in total. The molecule has 0 amide bonds. The molecule has 1 aromatic carbocycles. The first-order valence-electron chi connectivity index (χ1n) is 4.74. The van der Waals surface area contributed by atoms with Crippen molar-refractivity contribution < 1.29 is 10.1 Å². The van der Waals surface area contributed by atoms with E-state index in [1.54, 1.807) is 0 Å². The molecule has 0 fully saturated rings. The van der Waals surface area contributed by atoms with Gasteiger partial charge in [-0.3, -0.25) is 5.26 Å². The molecule has 0 aliphatic heterocycles. The maximum absolute atomic E-state index is 8.08. The van der Waals surface area contributed by atoms with E-state index in [1.165, 1.54) is 5.56 Å². The smallest absolute Gasteiger partial charge is 0.0819 e. The third-order valence-corrected chi connectivity index (χ3v) is 2.04. The van der Waals surface area contributed by atoms with E-state index in [4.69, 9.17) is 5.26 Å². The molecule has 1 rings (SSSR count). The second-order valence-corrected chi connectivity index (χ2v) is 3.13. The summed E-state index contributed by atoms with van der Waals surface area (Å²) in [6.07, 6.45) is 4.32. The Bertz CT molecular complexity index is 209. The lowest BCUT2D eigenvalue weighted by molar-refractivity contribution is -0.242. The summed E-state index contributed by atoms with van der Waals surface area (Å²) in [5, 5.41) is 8.08. The molecule has 0 radical (unpaired) electrons. The topological polar surface area (TPSA) is 29.5 Å². The Kier molecular flexibility index (Phi) is 5.22. The summed E-state index contributed by atoms with van der Waals surface area (Å²) in [5.41, 5.74) is 1.38. The number of benzene rings is 1. The van der Waals surface area contributed by atoms with E-state index < -0.39 is 0 Å². The molecule has 13 heavy (non-hydrogen) atoms. The predicted octanol–water partition coefficient (Wildman–Crippen LogP) is 2.89. The van der Waals surface area contributed by atoms with Crippen LogP contribution in [0.2, 0.25) is 0 Å². The molecule has 0 heterocycles. The van der Waals surface area contributed by atoms with E-state index in [0.717, 1.165) is 25.7 Å². The van der Waals surface area contributed by atoms with Crippen LogP contribution in [0, 0.1) is 0 Å². The number of hydrogen-bond acceptors (Lipinski definition) is 2. The summed E-state index contributed by atoms with van der Waals surface area (Å²) in [7, 11) is 0. The lowest BCUT2D eigenvalue weighted by Crippen LogP contribution is -1.90. The molecule has 0 aliphatic rings. The third kappa shape index (κ3) is 4.65. The molecule has 0 bridgehead atoms. The van der Waals surface area contributed by atoms with Crippen LogP contribution >= 0.6 is 0 Å². The minimum atomic E-state index is 0.453. The Morgan fingerprint density at radius 3 is 2.46 bits per heavy atom. The summed E-state index contributed by atoms with van der Waals surface area (Å²) >= 11 is 0. The van der Waals surface area contributed by atoms with E-state index in [9.17, 15) is 0 Å². The molecule has 0 unspecified atom stereocenters. The second kappa shape index (κ2) is 6.63. The molecule has 0 atom stereocenters. The van der Waals surface area contributed by atoms with Crippen molar-refractivity contribution in [3.05, 3.63) is 35.9 Å². The average molecular weight is 180 g/mol. The molecule has 1 N–H and O–H groups in total. The van der Waals surface area contributed by atoms with Gasteiger partial charge >= 0.3 is 0 Å². The summed E-state index contributed by atoms with van der Waals surface area (Å²) in [4.78, 5) is 3.99. The van der Waals surface area contributed by atoms with Gasteiger partial charge in [0, 0.05) is 0 Å². The van der Waals surface area contributed by atoms with Crippen LogP contribution in [0.15, 0.2) is 30.3 Å². The van der Waals surface area contributed by atoms with Crippen molar-refractivity contribution in [2.45, 2.75) is 25.7 Å². The standard InChI is InChI=1S/C11H16O2/c12-13-10-6-2-5-9-11-7-3-1-4-8-11/h1,3-4,7-8,12H,2,5-6,9-10H2. The van der Waals surface area contributed by atoms with E-state index >= 15 is 0 Å². The lowest BCUT2D eigenvalue weighted by Gasteiger charge is -2.00. The zero-order valence-corrected chi connectivity index (χ0v) is 7.78. The van der Waals surface area contributed by atoms with Gasteiger partial charge < -0.3 is 0 Å². The fourth-order valence-corrected chi connectivity index (χ4v) is 1.32. The first-order chi connectivity index (χ1) is 6.43. The van der Waals surface area contributed by atoms with Crippen LogP contribution in [-0.4, -0.2) is 11.9 Å². The highest BCUT2D eigenvalue weighted by atomic mass is 17.1. The number of rotatable bonds is 6. The predicted molar refractivity (Wildman–Crippen MR) is 52.6 cm³/mol. The Hall–Kier alpha value is -0.860. The molecule has 0 aliphatic carbocycles. The molecule has 0 aromatic heterocycles. The molecule has 1 aromatic rings. The van der Waals surface area contributed by atoms with Gasteiger partial charge in [0.15, 0.2) is 0 Å². The molecule has 0 saturated heterocycles. The lowest BCUT2D eigenvalue weighted by atomic mass is 10.1. The third-order valence-electron chi connectivity index (χ3n) is 2.04. The maximum Gasteiger partial charge on any atom is 0.0819 e. The maximum atomic E-state index is 8.08. The largest absolute Gasteiger partial charge is 0.252 e. The van der Waals surface area contributed by atoms with Crippen LogP contribution in [0.5, 0.6) is 0 Å². The summed E-state index contributed by atoms with van der Waals surface area (Å²) < 4.78 is 0. The van der Waals surface area contributed by atoms with Gasteiger partial charge in [-0.15, -0.1) is 0 Å². The number of hydrogen-bond donors (Lipinski definition) is 1. The highest BCUT2D eigenvalue weighted by molar-refractivity contribution is 5.14. The molecule has 72 valence electrons. The van der Waals surface area contributed by atoms with Gasteiger partial charge in [-0.1, -0.05) is 36.8 Å². The number of unbranched alkanes of at least 4 members (excludes halogenated alkanes) is 2. The fraction of sp³-hybridized carbons (Fsp3) is 0.455. The minimum Gasteiger partial charge on any atom is -0.252 e. The van der Waals surface area contributed by atoms with Gasteiger partial charge in [-0.2, -0.15) is 0 Å². The first kappa shape index (κ1) is 10.2. The first-order valence-corrected chi connectivity index (χ1v) is 4.74. The van der Waals surface area contributed by atoms with Crippen molar-refractivity contribution in [2.24, 2.45) is 0 Å². The monoisotopic (exact) mass is 180 g/mol. The van der Waals surface area contributed by atoms with Crippen LogP contribution in [0.1, 0.15) is 24.8 Å². The van der Waals surface area contributed by atoms with Gasteiger partial charge in [-0.05, 0) is 24.8 Å². The number of aryl methyl sites for hydroxylation is 1. The average Bonchev–Trinajstić information content (AvgIpc) is 2.19. The van der Waals surface area contributed by atoms with Crippen LogP contribution in [0.25, 0.3) is 0 Å². The Morgan fingerprint density at radius 1 is 1.00 bits per heavy atom. The second-order valence-electron chi connectivity index (χ2n) is 3.13. The molecular weight excluding hydrogens is 164 g/mol. The SMILES string of the molecule is OOCCCCCc1ccccc1. The summed E-state index contributed by atoms with van der Waals surface area (Å²) in [6, 6.07) is 10.4. The molecular formula is C11H16O2. The van der Waals surface area contributed by atoms with E-state index in [1.807, 2.05) is 6.07 Å². The van der Waals surface area contributed by atoms with Crippen molar-refractivity contribution in [1.29, 1.82) is 0 Å². The minimum absolute atomic E-state index is 0.453. The van der Waals surface area contributed by atoms with Gasteiger partial charge in [0.1, 0.15) is 0 Å². The fourth-order valence-electron chi connectivity index (χ4n) is 1.32. The summed E-state index contributed by atoms with van der Waals surface area (Å²) in [5.74, 6) is 0. The van der Waals surface area contributed by atoms with Gasteiger partial charge in [0.2, 0.25) is 0 Å². The van der Waals surface area contributed by atoms with Crippen LogP contribution in [0.4, 0.5) is 0 Å². The van der Waals surface area contributed by atoms with Crippen LogP contribution in [0.3, 0.4) is 0 Å². The van der Waals surface area contributed by atoms with Gasteiger partial charge in [0.25, 0.3) is 0 Å². The van der Waals surface area contributed by atoms with E-state index in [-0.39, 0.29) is 0 Å². The van der Waals surface area contributed by atoms with E-state index in [2.05, 4.69) is 29.2 Å². The van der Waals surface area contributed by atoms with Crippen molar-refractivity contribution in [1.82, 2.24) is 0 Å².